The number of halogens is 2. The van der Waals surface area contributed by atoms with E-state index in [9.17, 15) is 0 Å². The SMILES string of the molecule is F.F.O=P(O)(O)O.[LiH].[LiH]. The molecule has 0 aromatic carbocycles. The molecule has 0 aliphatic heterocycles. The summed E-state index contributed by atoms with van der Waals surface area (Å²) in [6.07, 6.45) is 0. The summed E-state index contributed by atoms with van der Waals surface area (Å²) in [4.78, 5) is 21.6. The molecule has 0 aliphatic rings. The Kier molecular flexibility index (Phi) is 42.3. The first-order valence-electron chi connectivity index (χ1n) is 0.783. The van der Waals surface area contributed by atoms with Gasteiger partial charge in [-0.3, -0.25) is 9.41 Å². The minimum atomic E-state index is -4.64. The summed E-state index contributed by atoms with van der Waals surface area (Å²) in [6, 6.07) is 0. The summed E-state index contributed by atoms with van der Waals surface area (Å²) < 4.78 is 8.88. The Labute approximate surface area is 74.4 Å². The van der Waals surface area contributed by atoms with Crippen LogP contribution in [0.1, 0.15) is 0 Å². The Morgan fingerprint density at radius 2 is 0.889 bits per heavy atom. The fourth-order valence-electron chi connectivity index (χ4n) is 0. The van der Waals surface area contributed by atoms with Gasteiger partial charge in [0.05, 0.1) is 0 Å². The van der Waals surface area contributed by atoms with E-state index in [0.29, 0.717) is 0 Å². The van der Waals surface area contributed by atoms with Crippen LogP contribution in [0.5, 0.6) is 0 Å². The molecule has 9 heteroatoms. The molecule has 0 unspecified atom stereocenters. The first-order chi connectivity index (χ1) is 2.00. The number of phosphoric acid groups is 1. The second kappa shape index (κ2) is 11.9. The maximum atomic E-state index is 8.88. The Bertz CT molecular complexity index is 62.7. The molecule has 0 saturated carbocycles. The zero-order chi connectivity index (χ0) is 4.50. The van der Waals surface area contributed by atoms with Gasteiger partial charge in [-0.05, 0) is 0 Å². The number of rotatable bonds is 0. The Morgan fingerprint density at radius 3 is 0.889 bits per heavy atom. The van der Waals surface area contributed by atoms with E-state index in [0.717, 1.165) is 0 Å². The van der Waals surface area contributed by atoms with Gasteiger partial charge in [-0.25, -0.2) is 4.57 Å². The van der Waals surface area contributed by atoms with Gasteiger partial charge in [0.15, 0.2) is 0 Å². The Hall–Kier alpha value is 1.16. The van der Waals surface area contributed by atoms with E-state index < -0.39 is 7.82 Å². The molecule has 0 aliphatic carbocycles. The van der Waals surface area contributed by atoms with Crippen molar-refractivity contribution >= 4 is 45.5 Å². The molecule has 0 atom stereocenters. The van der Waals surface area contributed by atoms with Crippen molar-refractivity contribution in [1.29, 1.82) is 0 Å². The molecule has 0 aromatic heterocycles. The molecule has 9 heavy (non-hydrogen) atoms. The van der Waals surface area contributed by atoms with Crippen LogP contribution in [0.3, 0.4) is 0 Å². The average molecular weight is 154 g/mol. The second-order valence-corrected chi connectivity index (χ2v) is 1.54. The van der Waals surface area contributed by atoms with Gasteiger partial charge >= 0.3 is 45.5 Å². The van der Waals surface area contributed by atoms with E-state index in [2.05, 4.69) is 0 Å². The Balaban J connectivity index is -0.0000000133. The number of hydrogen-bond donors (Lipinski definition) is 3. The van der Waals surface area contributed by atoms with Gasteiger partial charge in [0.1, 0.15) is 0 Å². The molecule has 0 fully saturated rings. The normalized spacial score (nSPS) is 6.56. The summed E-state index contributed by atoms with van der Waals surface area (Å²) in [7, 11) is -4.64. The van der Waals surface area contributed by atoms with E-state index in [1.165, 1.54) is 0 Å². The molecule has 3 N–H and O–H groups in total. The molecule has 0 amide bonds. The van der Waals surface area contributed by atoms with Crippen molar-refractivity contribution in [3.8, 4) is 0 Å². The van der Waals surface area contributed by atoms with Crippen molar-refractivity contribution in [3.63, 3.8) is 0 Å². The van der Waals surface area contributed by atoms with Gasteiger partial charge in [-0.1, -0.05) is 0 Å². The fourth-order valence-corrected chi connectivity index (χ4v) is 0. The first kappa shape index (κ1) is 32.0. The van der Waals surface area contributed by atoms with Crippen molar-refractivity contribution in [3.05, 3.63) is 0 Å². The van der Waals surface area contributed by atoms with Crippen molar-refractivity contribution in [2.45, 2.75) is 0 Å². The maximum absolute atomic E-state index is 8.88. The van der Waals surface area contributed by atoms with Crippen LogP contribution >= 0.6 is 7.82 Å². The Morgan fingerprint density at radius 1 is 0.889 bits per heavy atom. The van der Waals surface area contributed by atoms with Crippen LogP contribution in [0.2, 0.25) is 0 Å². The summed E-state index contributed by atoms with van der Waals surface area (Å²) in [5, 5.41) is 0. The van der Waals surface area contributed by atoms with E-state index in [-0.39, 0.29) is 47.1 Å². The molecule has 52 valence electrons. The van der Waals surface area contributed by atoms with Gasteiger partial charge in [0.25, 0.3) is 0 Å². The van der Waals surface area contributed by atoms with E-state index in [1.54, 1.807) is 0 Å². The van der Waals surface area contributed by atoms with Crippen LogP contribution in [0.4, 0.5) is 9.41 Å². The third kappa shape index (κ3) is 347. The van der Waals surface area contributed by atoms with Gasteiger partial charge in [0.2, 0.25) is 0 Å². The monoisotopic (exact) mass is 154 g/mol. The third-order valence-corrected chi connectivity index (χ3v) is 0. The van der Waals surface area contributed by atoms with Gasteiger partial charge in [-0.2, -0.15) is 0 Å². The zero-order valence-electron chi connectivity index (χ0n) is 3.01. The van der Waals surface area contributed by atoms with Gasteiger partial charge in [-0.15, -0.1) is 0 Å². The van der Waals surface area contributed by atoms with Crippen molar-refractivity contribution in [1.82, 2.24) is 0 Å². The molecule has 0 radical (unpaired) electrons. The standard InChI is InChI=1S/2FH.2Li.H3O4P.2H/c;;;;1-5(2,3)4;;/h2*1H;;;(H3,1,2,3,4);;. The molecule has 0 spiro atoms. The van der Waals surface area contributed by atoms with Crippen LogP contribution < -0.4 is 0 Å². The predicted molar refractivity (Wildman–Crippen MR) is 33.6 cm³/mol. The molecule has 0 saturated heterocycles. The second-order valence-electron chi connectivity index (χ2n) is 0.513. The quantitative estimate of drug-likeness (QED) is 0.280. The predicted octanol–water partition coefficient (Wildman–Crippen LogP) is -1.92. The summed E-state index contributed by atoms with van der Waals surface area (Å²) in [6.45, 7) is 0. The van der Waals surface area contributed by atoms with Crippen LogP contribution in [0, 0.1) is 0 Å². The molecule has 0 rings (SSSR count). The summed E-state index contributed by atoms with van der Waals surface area (Å²) in [5.74, 6) is 0. The van der Waals surface area contributed by atoms with E-state index >= 15 is 0 Å². The van der Waals surface area contributed by atoms with Gasteiger partial charge in [0, 0.05) is 0 Å². The van der Waals surface area contributed by atoms with Crippen LogP contribution in [0.25, 0.3) is 0 Å². The molecule has 0 aromatic rings. The fraction of sp³-hybridized carbons (Fsp3) is 0. The molecular weight excluding hydrogens is 147 g/mol. The zero-order valence-corrected chi connectivity index (χ0v) is 3.91. The van der Waals surface area contributed by atoms with Crippen LogP contribution in [0.15, 0.2) is 0 Å². The van der Waals surface area contributed by atoms with Crippen LogP contribution in [-0.4, -0.2) is 52.4 Å². The minimum absolute atomic E-state index is 0. The molecule has 4 nitrogen and oxygen atoms in total. The molecule has 0 bridgehead atoms. The summed E-state index contributed by atoms with van der Waals surface area (Å²) >= 11 is 0. The van der Waals surface area contributed by atoms with E-state index in [4.69, 9.17) is 19.2 Å². The van der Waals surface area contributed by atoms with Crippen molar-refractivity contribution in [2.24, 2.45) is 0 Å². The average Bonchev–Trinajstić information content (AvgIpc) is 0.722. The third-order valence-electron chi connectivity index (χ3n) is 0. The number of hydrogen-bond acceptors (Lipinski definition) is 1. The van der Waals surface area contributed by atoms with Crippen molar-refractivity contribution < 1.29 is 28.7 Å². The molecule has 0 heterocycles. The molecular formula is H7F2Li2O4P. The first-order valence-corrected chi connectivity index (χ1v) is 2.35. The van der Waals surface area contributed by atoms with Gasteiger partial charge < -0.3 is 14.7 Å². The summed E-state index contributed by atoms with van der Waals surface area (Å²) in [5.41, 5.74) is 0. The van der Waals surface area contributed by atoms with Crippen LogP contribution in [-0.2, 0) is 4.57 Å². The van der Waals surface area contributed by atoms with Crippen molar-refractivity contribution in [2.75, 3.05) is 0 Å². The topological polar surface area (TPSA) is 77.8 Å². The van der Waals surface area contributed by atoms with E-state index in [1.807, 2.05) is 0 Å².